The molecule has 1 aromatic heterocycles. The highest BCUT2D eigenvalue weighted by atomic mass is 16.6. The third kappa shape index (κ3) is 4.02. The molecule has 0 aliphatic heterocycles. The normalized spacial score (nSPS) is 11.2. The summed E-state index contributed by atoms with van der Waals surface area (Å²) in [5.41, 5.74) is 1.34. The van der Waals surface area contributed by atoms with Gasteiger partial charge in [0.1, 0.15) is 6.54 Å². The predicted molar refractivity (Wildman–Crippen MR) is 123 cm³/mol. The van der Waals surface area contributed by atoms with E-state index in [1.165, 1.54) is 0 Å². The van der Waals surface area contributed by atoms with Crippen LogP contribution in [0.2, 0.25) is 0 Å². The number of phenols is 1. The van der Waals surface area contributed by atoms with E-state index in [0.29, 0.717) is 27.9 Å². The highest BCUT2D eigenvalue weighted by Gasteiger charge is 2.23. The molecule has 2 N–H and O–H groups in total. The number of hydrogen-bond acceptors (Lipinski definition) is 8. The predicted octanol–water partition coefficient (Wildman–Crippen LogP) is 2.83. The second-order valence-electron chi connectivity index (χ2n) is 7.16. The Morgan fingerprint density at radius 2 is 1.59 bits per heavy atom. The third-order valence-corrected chi connectivity index (χ3v) is 5.09. The number of nitro groups is 2. The van der Waals surface area contributed by atoms with Crippen LogP contribution in [-0.2, 0) is 11.3 Å². The lowest BCUT2D eigenvalue weighted by Crippen LogP contribution is -2.25. The summed E-state index contributed by atoms with van der Waals surface area (Å²) in [6.45, 7) is -0.223. The Hall–Kier alpha value is -5.13. The summed E-state index contributed by atoms with van der Waals surface area (Å²) in [7, 11) is 0. The largest absolute Gasteiger partial charge is 0.502 e. The Morgan fingerprint density at radius 1 is 1.00 bits per heavy atom. The number of amides is 1. The lowest BCUT2D eigenvalue weighted by molar-refractivity contribution is -0.394. The molecule has 12 nitrogen and oxygen atoms in total. The molecule has 3 aromatic carbocycles. The number of benzene rings is 3. The molecular weight excluding hydrogens is 446 g/mol. The van der Waals surface area contributed by atoms with Gasteiger partial charge >= 0.3 is 5.69 Å². The number of rotatable bonds is 6. The number of fused-ring (bicyclic) bond motifs is 2. The SMILES string of the molecule is O=C(Cn1c2ccccc2c(=O)c2ccccc21)N/N=C\c1cc([N+](=O)[O-])cc([N+](=O)[O-])c1O. The van der Waals surface area contributed by atoms with E-state index in [0.717, 1.165) is 12.3 Å². The number of nitrogens with zero attached hydrogens (tertiary/aromatic N) is 4. The quantitative estimate of drug-likeness (QED) is 0.192. The molecule has 4 rings (SSSR count). The summed E-state index contributed by atoms with van der Waals surface area (Å²) in [5, 5.41) is 36.7. The Morgan fingerprint density at radius 3 is 2.15 bits per heavy atom. The maximum absolute atomic E-state index is 12.8. The minimum Gasteiger partial charge on any atom is -0.502 e. The molecule has 0 saturated heterocycles. The number of aromatic nitrogens is 1. The van der Waals surface area contributed by atoms with Gasteiger partial charge in [0, 0.05) is 16.8 Å². The smallest absolute Gasteiger partial charge is 0.318 e. The maximum atomic E-state index is 12.8. The first-order chi connectivity index (χ1) is 16.3. The standard InChI is InChI=1S/C22H15N5O7/c28-20(24-23-11-13-9-14(26(31)32)10-19(21(13)29)27(33)34)12-25-17-7-3-1-5-15(17)22(30)16-6-2-4-8-18(16)25/h1-11,29H,12H2,(H,24,28)/b23-11-. The fourth-order valence-corrected chi connectivity index (χ4v) is 3.57. The number of hydrogen-bond donors (Lipinski definition) is 2. The van der Waals surface area contributed by atoms with Gasteiger partial charge in [0.15, 0.2) is 5.43 Å². The number of para-hydroxylation sites is 2. The molecule has 34 heavy (non-hydrogen) atoms. The number of nitro benzene ring substituents is 2. The second-order valence-corrected chi connectivity index (χ2v) is 7.16. The summed E-state index contributed by atoms with van der Waals surface area (Å²) >= 11 is 0. The Kier molecular flexibility index (Phi) is 5.70. The van der Waals surface area contributed by atoms with Crippen LogP contribution < -0.4 is 10.9 Å². The van der Waals surface area contributed by atoms with E-state index < -0.39 is 32.9 Å². The van der Waals surface area contributed by atoms with E-state index in [-0.39, 0.29) is 17.5 Å². The number of phenolic OH excluding ortho intramolecular Hbond substituents is 1. The van der Waals surface area contributed by atoms with E-state index in [2.05, 4.69) is 10.5 Å². The fraction of sp³-hybridized carbons (Fsp3) is 0.0455. The van der Waals surface area contributed by atoms with Crippen molar-refractivity contribution < 1.29 is 19.7 Å². The van der Waals surface area contributed by atoms with Crippen molar-refractivity contribution in [3.63, 3.8) is 0 Å². The zero-order chi connectivity index (χ0) is 24.4. The van der Waals surface area contributed by atoms with Crippen molar-refractivity contribution in [1.29, 1.82) is 0 Å². The van der Waals surface area contributed by atoms with Crippen molar-refractivity contribution in [2.24, 2.45) is 5.10 Å². The average molecular weight is 461 g/mol. The van der Waals surface area contributed by atoms with Crippen molar-refractivity contribution in [3.8, 4) is 5.75 Å². The van der Waals surface area contributed by atoms with Crippen molar-refractivity contribution >= 4 is 45.3 Å². The van der Waals surface area contributed by atoms with Gasteiger partial charge in [-0.25, -0.2) is 5.43 Å². The van der Waals surface area contributed by atoms with Gasteiger partial charge in [0.05, 0.1) is 38.7 Å². The third-order valence-electron chi connectivity index (χ3n) is 5.09. The van der Waals surface area contributed by atoms with Crippen LogP contribution in [0.15, 0.2) is 70.6 Å². The molecular formula is C22H15N5O7. The van der Waals surface area contributed by atoms with E-state index in [1.54, 1.807) is 53.1 Å². The maximum Gasteiger partial charge on any atom is 0.318 e. The monoisotopic (exact) mass is 461 g/mol. The minimum absolute atomic E-state index is 0.163. The summed E-state index contributed by atoms with van der Waals surface area (Å²) < 4.78 is 1.65. The Bertz CT molecular complexity index is 1520. The highest BCUT2D eigenvalue weighted by molar-refractivity contribution is 5.95. The number of pyridine rings is 1. The Labute approximate surface area is 189 Å². The first-order valence-corrected chi connectivity index (χ1v) is 9.76. The highest BCUT2D eigenvalue weighted by Crippen LogP contribution is 2.33. The molecule has 1 heterocycles. The zero-order valence-corrected chi connectivity index (χ0v) is 17.2. The molecule has 0 bridgehead atoms. The number of carbonyl (C=O) groups is 1. The second kappa shape index (κ2) is 8.78. The molecule has 170 valence electrons. The van der Waals surface area contributed by atoms with Crippen molar-refractivity contribution in [2.45, 2.75) is 6.54 Å². The lowest BCUT2D eigenvalue weighted by Gasteiger charge is -2.14. The van der Waals surface area contributed by atoms with Crippen LogP contribution in [0.3, 0.4) is 0 Å². The Balaban J connectivity index is 1.65. The van der Waals surface area contributed by atoms with Crippen LogP contribution in [0, 0.1) is 20.2 Å². The van der Waals surface area contributed by atoms with Gasteiger partial charge in [-0.3, -0.25) is 29.8 Å². The van der Waals surface area contributed by atoms with Crippen LogP contribution in [0.1, 0.15) is 5.56 Å². The molecule has 12 heteroatoms. The van der Waals surface area contributed by atoms with Gasteiger partial charge in [-0.15, -0.1) is 0 Å². The summed E-state index contributed by atoms with van der Waals surface area (Å²) in [6.07, 6.45) is 0.870. The minimum atomic E-state index is -0.967. The number of carbonyl (C=O) groups excluding carboxylic acids is 1. The first kappa shape index (κ1) is 22.1. The van der Waals surface area contributed by atoms with Gasteiger partial charge in [0.2, 0.25) is 5.75 Å². The van der Waals surface area contributed by atoms with E-state index in [9.17, 15) is 34.9 Å². The summed E-state index contributed by atoms with van der Waals surface area (Å²) in [5.74, 6) is -1.43. The van der Waals surface area contributed by atoms with Crippen LogP contribution in [0.5, 0.6) is 5.75 Å². The molecule has 0 spiro atoms. The number of nitrogens with one attached hydrogen (secondary N) is 1. The van der Waals surface area contributed by atoms with Crippen LogP contribution >= 0.6 is 0 Å². The molecule has 0 saturated carbocycles. The van der Waals surface area contributed by atoms with Crippen LogP contribution in [0.4, 0.5) is 11.4 Å². The van der Waals surface area contributed by atoms with E-state index in [4.69, 9.17) is 0 Å². The van der Waals surface area contributed by atoms with Crippen LogP contribution in [0.25, 0.3) is 21.8 Å². The van der Waals surface area contributed by atoms with Crippen molar-refractivity contribution in [1.82, 2.24) is 9.99 Å². The van der Waals surface area contributed by atoms with Crippen molar-refractivity contribution in [2.75, 3.05) is 0 Å². The van der Waals surface area contributed by atoms with E-state index in [1.807, 2.05) is 0 Å². The summed E-state index contributed by atoms with van der Waals surface area (Å²) in [6, 6.07) is 15.2. The van der Waals surface area contributed by atoms with Crippen LogP contribution in [-0.4, -0.2) is 31.6 Å². The van der Waals surface area contributed by atoms with Gasteiger partial charge in [-0.1, -0.05) is 24.3 Å². The first-order valence-electron chi connectivity index (χ1n) is 9.76. The molecule has 4 aromatic rings. The van der Waals surface area contributed by atoms with E-state index >= 15 is 0 Å². The zero-order valence-electron chi connectivity index (χ0n) is 17.2. The molecule has 0 aliphatic carbocycles. The molecule has 0 radical (unpaired) electrons. The van der Waals surface area contributed by atoms with Gasteiger partial charge in [0.25, 0.3) is 11.6 Å². The van der Waals surface area contributed by atoms with Gasteiger partial charge in [-0.05, 0) is 24.3 Å². The number of non-ortho nitro benzene ring substituents is 1. The molecule has 0 unspecified atom stereocenters. The molecule has 1 amide bonds. The van der Waals surface area contributed by atoms with Gasteiger partial charge in [-0.2, -0.15) is 5.10 Å². The summed E-state index contributed by atoms with van der Waals surface area (Å²) in [4.78, 5) is 45.6. The fourth-order valence-electron chi connectivity index (χ4n) is 3.57. The molecule has 0 atom stereocenters. The van der Waals surface area contributed by atoms with Gasteiger partial charge < -0.3 is 9.67 Å². The number of aromatic hydroxyl groups is 1. The van der Waals surface area contributed by atoms with Crippen molar-refractivity contribution in [3.05, 3.63) is 96.7 Å². The lowest BCUT2D eigenvalue weighted by atomic mass is 10.1. The number of hydrazone groups is 1. The molecule has 0 fully saturated rings. The topological polar surface area (TPSA) is 170 Å². The average Bonchev–Trinajstić information content (AvgIpc) is 2.82. The molecule has 0 aliphatic rings.